The molecule has 0 heterocycles. The van der Waals surface area contributed by atoms with Gasteiger partial charge in [0, 0.05) is 17.7 Å². The summed E-state index contributed by atoms with van der Waals surface area (Å²) in [6, 6.07) is 0.437. The Balaban J connectivity index is 2.35. The summed E-state index contributed by atoms with van der Waals surface area (Å²) in [5.74, 6) is 0.195. The molecule has 0 aromatic heterocycles. The molecule has 70 valence electrons. The van der Waals surface area contributed by atoms with Crippen molar-refractivity contribution < 1.29 is 4.79 Å². The van der Waals surface area contributed by atoms with Crippen LogP contribution in [0.4, 0.5) is 0 Å². The first kappa shape index (κ1) is 9.90. The molecule has 12 heavy (non-hydrogen) atoms. The quantitative estimate of drug-likeness (QED) is 0.730. The van der Waals surface area contributed by atoms with Crippen LogP contribution >= 0.6 is 11.8 Å². The monoisotopic (exact) mass is 187 g/mol. The lowest BCUT2D eigenvalue weighted by Gasteiger charge is -2.18. The average molecular weight is 187 g/mol. The van der Waals surface area contributed by atoms with Crippen LogP contribution < -0.4 is 5.32 Å². The zero-order chi connectivity index (χ0) is 8.97. The zero-order valence-corrected chi connectivity index (χ0v) is 8.62. The highest BCUT2D eigenvalue weighted by Crippen LogP contribution is 2.28. The summed E-state index contributed by atoms with van der Waals surface area (Å²) in [4.78, 5) is 11.1. The maximum Gasteiger partial charge on any atom is 0.219 e. The summed E-state index contributed by atoms with van der Waals surface area (Å²) in [5.41, 5.74) is 0. The molecule has 0 aliphatic heterocycles. The minimum absolute atomic E-state index is 0.195. The molecule has 1 N–H and O–H groups in total. The molecule has 0 aromatic carbocycles. The van der Waals surface area contributed by atoms with Crippen LogP contribution in [-0.2, 0) is 4.79 Å². The van der Waals surface area contributed by atoms with E-state index in [4.69, 9.17) is 0 Å². The number of carbonyl (C=O) groups is 1. The number of rotatable bonds is 3. The third-order valence-corrected chi connectivity index (χ3v) is 3.59. The molecule has 0 radical (unpaired) electrons. The van der Waals surface area contributed by atoms with E-state index in [0.29, 0.717) is 17.7 Å². The highest BCUT2D eigenvalue weighted by Gasteiger charge is 2.26. The number of amides is 1. The summed E-state index contributed by atoms with van der Waals surface area (Å²) >= 11 is 1.88. The molecule has 0 spiro atoms. The maximum atomic E-state index is 11.1. The second-order valence-electron chi connectivity index (χ2n) is 3.23. The van der Waals surface area contributed by atoms with Crippen molar-refractivity contribution >= 4 is 17.7 Å². The van der Waals surface area contributed by atoms with Crippen LogP contribution in [0.15, 0.2) is 0 Å². The van der Waals surface area contributed by atoms with Gasteiger partial charge in [-0.25, -0.2) is 0 Å². The number of hydrogen-bond acceptors (Lipinski definition) is 2. The Kier molecular flexibility index (Phi) is 3.92. The Labute approximate surface area is 78.5 Å². The van der Waals surface area contributed by atoms with Gasteiger partial charge in [0.1, 0.15) is 0 Å². The summed E-state index contributed by atoms with van der Waals surface area (Å²) in [5, 5.41) is 3.72. The third-order valence-electron chi connectivity index (χ3n) is 2.42. The van der Waals surface area contributed by atoms with Crippen molar-refractivity contribution in [3.05, 3.63) is 0 Å². The lowest BCUT2D eigenvalue weighted by molar-refractivity contribution is -0.121. The molecule has 1 aliphatic rings. The normalized spacial score (nSPS) is 28.8. The largest absolute Gasteiger partial charge is 0.352 e. The first-order valence-corrected chi connectivity index (χ1v) is 5.89. The lowest BCUT2D eigenvalue weighted by atomic mass is 10.2. The summed E-state index contributed by atoms with van der Waals surface area (Å²) in [6.45, 7) is 1.90. The molecule has 2 nitrogen and oxygen atoms in total. The number of nitrogens with one attached hydrogen (secondary N) is 1. The van der Waals surface area contributed by atoms with Gasteiger partial charge in [-0.05, 0) is 19.1 Å². The zero-order valence-electron chi connectivity index (χ0n) is 7.80. The predicted octanol–water partition coefficient (Wildman–Crippen LogP) is 1.80. The third kappa shape index (κ3) is 2.41. The van der Waals surface area contributed by atoms with Gasteiger partial charge in [-0.2, -0.15) is 11.8 Å². The molecular weight excluding hydrogens is 170 g/mol. The van der Waals surface area contributed by atoms with Crippen molar-refractivity contribution in [2.45, 2.75) is 43.9 Å². The molecule has 1 amide bonds. The summed E-state index contributed by atoms with van der Waals surface area (Å²) in [7, 11) is 0. The first-order valence-electron chi connectivity index (χ1n) is 4.60. The van der Waals surface area contributed by atoms with Gasteiger partial charge in [0.05, 0.1) is 0 Å². The van der Waals surface area contributed by atoms with E-state index in [9.17, 15) is 4.79 Å². The fraction of sp³-hybridized carbons (Fsp3) is 0.889. The SMILES string of the molecule is CCC(=O)NC1CCCC1SC. The van der Waals surface area contributed by atoms with Crippen molar-refractivity contribution in [2.24, 2.45) is 0 Å². The van der Waals surface area contributed by atoms with Crippen LogP contribution in [0.1, 0.15) is 32.6 Å². The van der Waals surface area contributed by atoms with E-state index in [1.165, 1.54) is 12.8 Å². The molecule has 2 unspecified atom stereocenters. The van der Waals surface area contributed by atoms with Crippen molar-refractivity contribution in [1.82, 2.24) is 5.32 Å². The highest BCUT2D eigenvalue weighted by atomic mass is 32.2. The van der Waals surface area contributed by atoms with Gasteiger partial charge >= 0.3 is 0 Å². The van der Waals surface area contributed by atoms with Crippen molar-refractivity contribution in [1.29, 1.82) is 0 Å². The van der Waals surface area contributed by atoms with Gasteiger partial charge in [0.25, 0.3) is 0 Å². The molecule has 0 aromatic rings. The Hall–Kier alpha value is -0.180. The minimum Gasteiger partial charge on any atom is -0.352 e. The fourth-order valence-corrected chi connectivity index (χ4v) is 2.62. The van der Waals surface area contributed by atoms with E-state index >= 15 is 0 Å². The smallest absolute Gasteiger partial charge is 0.219 e. The second-order valence-corrected chi connectivity index (χ2v) is 4.31. The standard InChI is InChI=1S/C9H17NOS/c1-3-9(11)10-7-5-4-6-8(7)12-2/h7-8H,3-6H2,1-2H3,(H,10,11). The molecule has 1 rings (SSSR count). The molecule has 2 atom stereocenters. The number of thioether (sulfide) groups is 1. The van der Waals surface area contributed by atoms with Crippen LogP contribution in [0, 0.1) is 0 Å². The van der Waals surface area contributed by atoms with E-state index in [-0.39, 0.29) is 5.91 Å². The summed E-state index contributed by atoms with van der Waals surface area (Å²) < 4.78 is 0. The topological polar surface area (TPSA) is 29.1 Å². The number of carbonyl (C=O) groups excluding carboxylic acids is 1. The average Bonchev–Trinajstić information content (AvgIpc) is 2.51. The van der Waals surface area contributed by atoms with Crippen molar-refractivity contribution in [3.8, 4) is 0 Å². The lowest BCUT2D eigenvalue weighted by Crippen LogP contribution is -2.38. The van der Waals surface area contributed by atoms with E-state index in [1.54, 1.807) is 0 Å². The Morgan fingerprint density at radius 2 is 2.33 bits per heavy atom. The van der Waals surface area contributed by atoms with Crippen molar-refractivity contribution in [3.63, 3.8) is 0 Å². The Morgan fingerprint density at radius 1 is 1.58 bits per heavy atom. The Morgan fingerprint density at radius 3 is 2.92 bits per heavy atom. The van der Waals surface area contributed by atoms with E-state index in [0.717, 1.165) is 6.42 Å². The second kappa shape index (κ2) is 4.75. The first-order chi connectivity index (χ1) is 5.77. The molecule has 3 heteroatoms. The molecule has 0 saturated heterocycles. The molecule has 0 bridgehead atoms. The van der Waals surface area contributed by atoms with Gasteiger partial charge in [-0.3, -0.25) is 4.79 Å². The van der Waals surface area contributed by atoms with Crippen LogP contribution in [0.2, 0.25) is 0 Å². The maximum absolute atomic E-state index is 11.1. The molecule has 1 fully saturated rings. The van der Waals surface area contributed by atoms with Crippen LogP contribution in [-0.4, -0.2) is 23.5 Å². The molecule has 1 aliphatic carbocycles. The van der Waals surface area contributed by atoms with Gasteiger partial charge in [-0.1, -0.05) is 13.3 Å². The van der Waals surface area contributed by atoms with Crippen molar-refractivity contribution in [2.75, 3.05) is 6.26 Å². The Bertz CT molecular complexity index is 161. The molecule has 1 saturated carbocycles. The summed E-state index contributed by atoms with van der Waals surface area (Å²) in [6.07, 6.45) is 6.42. The van der Waals surface area contributed by atoms with Crippen LogP contribution in [0.5, 0.6) is 0 Å². The fourth-order valence-electron chi connectivity index (χ4n) is 1.68. The van der Waals surface area contributed by atoms with Gasteiger partial charge < -0.3 is 5.32 Å². The van der Waals surface area contributed by atoms with Gasteiger partial charge in [0.2, 0.25) is 5.91 Å². The van der Waals surface area contributed by atoms with Gasteiger partial charge in [0.15, 0.2) is 0 Å². The van der Waals surface area contributed by atoms with Crippen LogP contribution in [0.25, 0.3) is 0 Å². The molecular formula is C9H17NOS. The number of hydrogen-bond donors (Lipinski definition) is 1. The highest BCUT2D eigenvalue weighted by molar-refractivity contribution is 7.99. The van der Waals surface area contributed by atoms with E-state index in [2.05, 4.69) is 11.6 Å². The van der Waals surface area contributed by atoms with Crippen LogP contribution in [0.3, 0.4) is 0 Å². The van der Waals surface area contributed by atoms with E-state index in [1.807, 2.05) is 18.7 Å². The van der Waals surface area contributed by atoms with E-state index < -0.39 is 0 Å². The predicted molar refractivity (Wildman–Crippen MR) is 53.4 cm³/mol. The van der Waals surface area contributed by atoms with Gasteiger partial charge in [-0.15, -0.1) is 0 Å². The minimum atomic E-state index is 0.195.